The summed E-state index contributed by atoms with van der Waals surface area (Å²) in [7, 11) is -3.63. The van der Waals surface area contributed by atoms with E-state index >= 15 is 0 Å². The van der Waals surface area contributed by atoms with Crippen molar-refractivity contribution >= 4 is 27.6 Å². The lowest BCUT2D eigenvalue weighted by Gasteiger charge is -2.33. The van der Waals surface area contributed by atoms with Crippen LogP contribution in [-0.2, 0) is 10.0 Å². The second kappa shape index (κ2) is 7.30. The van der Waals surface area contributed by atoms with Gasteiger partial charge in [-0.1, -0.05) is 41.9 Å². The van der Waals surface area contributed by atoms with Gasteiger partial charge < -0.3 is 9.42 Å². The Morgan fingerprint density at radius 2 is 1.59 bits per heavy atom. The molecule has 0 spiro atoms. The van der Waals surface area contributed by atoms with Gasteiger partial charge in [0, 0.05) is 31.7 Å². The highest BCUT2D eigenvalue weighted by Crippen LogP contribution is 2.26. The Morgan fingerprint density at radius 1 is 0.926 bits per heavy atom. The Balaban J connectivity index is 1.47. The number of rotatable bonds is 4. The lowest BCUT2D eigenvalue weighted by Crippen LogP contribution is -2.49. The van der Waals surface area contributed by atoms with Gasteiger partial charge in [0.2, 0.25) is 10.0 Å². The van der Waals surface area contributed by atoms with Gasteiger partial charge in [0.05, 0.1) is 5.02 Å². The van der Waals surface area contributed by atoms with Crippen LogP contribution in [0.3, 0.4) is 0 Å². The van der Waals surface area contributed by atoms with Gasteiger partial charge >= 0.3 is 0 Å². The predicted octanol–water partition coefficient (Wildman–Crippen LogP) is 2.90. The number of sulfonamides is 1. The van der Waals surface area contributed by atoms with E-state index in [0.717, 1.165) is 5.56 Å². The van der Waals surface area contributed by atoms with E-state index in [4.69, 9.17) is 16.1 Å². The summed E-state index contributed by atoms with van der Waals surface area (Å²) in [6.07, 6.45) is 0. The highest BCUT2D eigenvalue weighted by Gasteiger charge is 2.31. The van der Waals surface area contributed by atoms with Crippen molar-refractivity contribution in [2.75, 3.05) is 31.1 Å². The average molecular weight is 405 g/mol. The van der Waals surface area contributed by atoms with Gasteiger partial charge in [0.15, 0.2) is 0 Å². The quantitative estimate of drug-likeness (QED) is 0.665. The monoisotopic (exact) mass is 404 g/mol. The van der Waals surface area contributed by atoms with Crippen LogP contribution in [0.5, 0.6) is 0 Å². The molecule has 2 heterocycles. The second-order valence-electron chi connectivity index (χ2n) is 6.09. The molecule has 3 aromatic rings. The van der Waals surface area contributed by atoms with Crippen LogP contribution in [0.1, 0.15) is 0 Å². The normalized spacial score (nSPS) is 15.8. The Morgan fingerprint density at radius 3 is 2.30 bits per heavy atom. The zero-order valence-corrected chi connectivity index (χ0v) is 15.9. The molecule has 1 aliphatic heterocycles. The van der Waals surface area contributed by atoms with Crippen LogP contribution in [0.15, 0.2) is 64.0 Å². The third-order valence-corrected chi connectivity index (χ3v) is 6.81. The average Bonchev–Trinajstić information content (AvgIpc) is 3.19. The SMILES string of the molecule is O=S(=O)(c1ccccc1Cl)N1CCN(c2noc(-c3ccccc3)n2)CC1. The van der Waals surface area contributed by atoms with Crippen molar-refractivity contribution in [1.82, 2.24) is 14.4 Å². The maximum atomic E-state index is 12.8. The van der Waals surface area contributed by atoms with Crippen LogP contribution in [0.25, 0.3) is 11.5 Å². The van der Waals surface area contributed by atoms with Crippen molar-refractivity contribution < 1.29 is 12.9 Å². The lowest BCUT2D eigenvalue weighted by molar-refractivity contribution is 0.377. The minimum Gasteiger partial charge on any atom is -0.336 e. The van der Waals surface area contributed by atoms with Gasteiger partial charge in [0.25, 0.3) is 11.8 Å². The first-order valence-electron chi connectivity index (χ1n) is 8.44. The highest BCUT2D eigenvalue weighted by molar-refractivity contribution is 7.89. The molecule has 2 aromatic carbocycles. The summed E-state index contributed by atoms with van der Waals surface area (Å²) in [5.74, 6) is 0.903. The van der Waals surface area contributed by atoms with Crippen LogP contribution in [0.4, 0.5) is 5.95 Å². The van der Waals surface area contributed by atoms with Crippen LogP contribution in [0, 0.1) is 0 Å². The molecule has 1 saturated heterocycles. The molecule has 9 heteroatoms. The molecule has 1 fully saturated rings. The molecule has 0 bridgehead atoms. The fourth-order valence-electron chi connectivity index (χ4n) is 2.96. The molecule has 0 atom stereocenters. The van der Waals surface area contributed by atoms with E-state index in [1.165, 1.54) is 10.4 Å². The molecule has 1 aliphatic rings. The third kappa shape index (κ3) is 3.55. The molecule has 0 aliphatic carbocycles. The zero-order valence-electron chi connectivity index (χ0n) is 14.3. The van der Waals surface area contributed by atoms with Crippen molar-refractivity contribution in [3.63, 3.8) is 0 Å². The molecule has 0 amide bonds. The number of nitrogens with zero attached hydrogens (tertiary/aromatic N) is 4. The number of hydrogen-bond acceptors (Lipinski definition) is 6. The maximum absolute atomic E-state index is 12.8. The van der Waals surface area contributed by atoms with Crippen LogP contribution >= 0.6 is 11.6 Å². The fraction of sp³-hybridized carbons (Fsp3) is 0.222. The smallest absolute Gasteiger partial charge is 0.266 e. The van der Waals surface area contributed by atoms with Crippen molar-refractivity contribution in [2.24, 2.45) is 0 Å². The Kier molecular flexibility index (Phi) is 4.86. The van der Waals surface area contributed by atoms with E-state index < -0.39 is 10.0 Å². The van der Waals surface area contributed by atoms with Crippen molar-refractivity contribution in [1.29, 1.82) is 0 Å². The summed E-state index contributed by atoms with van der Waals surface area (Å²) in [4.78, 5) is 6.46. The minimum atomic E-state index is -3.63. The molecular weight excluding hydrogens is 388 g/mol. The van der Waals surface area contributed by atoms with E-state index in [1.54, 1.807) is 18.2 Å². The molecule has 140 valence electrons. The molecule has 0 radical (unpaired) electrons. The first-order valence-corrected chi connectivity index (χ1v) is 10.3. The lowest BCUT2D eigenvalue weighted by atomic mass is 10.2. The van der Waals surface area contributed by atoms with Gasteiger partial charge in [-0.15, -0.1) is 0 Å². The van der Waals surface area contributed by atoms with Crippen LogP contribution in [0.2, 0.25) is 5.02 Å². The topological polar surface area (TPSA) is 79.5 Å². The predicted molar refractivity (Wildman–Crippen MR) is 102 cm³/mol. The largest absolute Gasteiger partial charge is 0.336 e. The third-order valence-electron chi connectivity index (χ3n) is 4.41. The standard InChI is InChI=1S/C18H17ClN4O3S/c19-15-8-4-5-9-16(15)27(24,25)23-12-10-22(11-13-23)18-20-17(26-21-18)14-6-2-1-3-7-14/h1-9H,10-13H2. The van der Waals surface area contributed by atoms with Crippen molar-refractivity contribution in [2.45, 2.75) is 4.90 Å². The van der Waals surface area contributed by atoms with Gasteiger partial charge in [-0.3, -0.25) is 0 Å². The van der Waals surface area contributed by atoms with E-state index in [2.05, 4.69) is 10.1 Å². The Labute approximate surface area is 162 Å². The van der Waals surface area contributed by atoms with E-state index in [-0.39, 0.29) is 9.92 Å². The summed E-state index contributed by atoms with van der Waals surface area (Å²) in [6.45, 7) is 1.58. The van der Waals surface area contributed by atoms with E-state index in [0.29, 0.717) is 38.0 Å². The number of benzene rings is 2. The zero-order chi connectivity index (χ0) is 18.9. The second-order valence-corrected chi connectivity index (χ2v) is 8.40. The van der Waals surface area contributed by atoms with Crippen molar-refractivity contribution in [3.05, 3.63) is 59.6 Å². The first kappa shape index (κ1) is 18.0. The maximum Gasteiger partial charge on any atom is 0.266 e. The molecule has 0 unspecified atom stereocenters. The molecule has 0 saturated carbocycles. The van der Waals surface area contributed by atoms with Gasteiger partial charge in [-0.05, 0) is 29.4 Å². The minimum absolute atomic E-state index is 0.131. The fourth-order valence-corrected chi connectivity index (χ4v) is 4.88. The Bertz CT molecular complexity index is 1030. The molecule has 27 heavy (non-hydrogen) atoms. The van der Waals surface area contributed by atoms with Crippen LogP contribution in [-0.4, -0.2) is 49.0 Å². The van der Waals surface area contributed by atoms with E-state index in [1.807, 2.05) is 35.2 Å². The molecule has 1 aromatic heterocycles. The molecule has 4 rings (SSSR count). The van der Waals surface area contributed by atoms with E-state index in [9.17, 15) is 8.42 Å². The first-order chi connectivity index (χ1) is 13.1. The number of aromatic nitrogens is 2. The summed E-state index contributed by atoms with van der Waals surface area (Å²) >= 11 is 6.06. The highest BCUT2D eigenvalue weighted by atomic mass is 35.5. The molecule has 7 nitrogen and oxygen atoms in total. The number of hydrogen-bond donors (Lipinski definition) is 0. The van der Waals surface area contributed by atoms with Gasteiger partial charge in [0.1, 0.15) is 4.90 Å². The molecular formula is C18H17ClN4O3S. The van der Waals surface area contributed by atoms with Gasteiger partial charge in [-0.25, -0.2) is 8.42 Å². The molecule has 0 N–H and O–H groups in total. The number of halogens is 1. The summed E-state index contributed by atoms with van der Waals surface area (Å²) in [6, 6.07) is 16.0. The summed E-state index contributed by atoms with van der Waals surface area (Å²) < 4.78 is 32.4. The van der Waals surface area contributed by atoms with Gasteiger partial charge in [-0.2, -0.15) is 9.29 Å². The number of anilines is 1. The van der Waals surface area contributed by atoms with Crippen molar-refractivity contribution in [3.8, 4) is 11.5 Å². The Hall–Kier alpha value is -2.42. The van der Waals surface area contributed by atoms with Crippen LogP contribution < -0.4 is 4.90 Å². The number of piperazine rings is 1. The summed E-state index contributed by atoms with van der Waals surface area (Å²) in [5.41, 5.74) is 0.844. The summed E-state index contributed by atoms with van der Waals surface area (Å²) in [5, 5.41) is 4.25.